The first-order chi connectivity index (χ1) is 11.1. The van der Waals surface area contributed by atoms with Crippen molar-refractivity contribution in [2.24, 2.45) is 5.73 Å². The SMILES string of the molecule is Cc1cccc2c1OB(O)[C@@H](CC(=O)[C@H](N)c1ccccc1)C2. The minimum atomic E-state index is -0.976. The van der Waals surface area contributed by atoms with Crippen LogP contribution in [0.5, 0.6) is 5.75 Å². The van der Waals surface area contributed by atoms with Crippen molar-refractivity contribution in [3.05, 3.63) is 65.2 Å². The molecule has 3 rings (SSSR count). The molecule has 0 bridgehead atoms. The van der Waals surface area contributed by atoms with Crippen LogP contribution in [-0.2, 0) is 11.2 Å². The molecule has 0 unspecified atom stereocenters. The molecule has 0 aromatic heterocycles. The number of aryl methyl sites for hydroxylation is 1. The molecule has 23 heavy (non-hydrogen) atoms. The minimum Gasteiger partial charge on any atom is -0.536 e. The van der Waals surface area contributed by atoms with Crippen molar-refractivity contribution in [1.82, 2.24) is 0 Å². The van der Waals surface area contributed by atoms with E-state index in [-0.39, 0.29) is 18.0 Å². The largest absolute Gasteiger partial charge is 0.536 e. The number of fused-ring (bicyclic) bond motifs is 1. The van der Waals surface area contributed by atoms with Crippen LogP contribution in [0, 0.1) is 6.92 Å². The Morgan fingerprint density at radius 2 is 2.04 bits per heavy atom. The lowest BCUT2D eigenvalue weighted by atomic mass is 9.64. The third kappa shape index (κ3) is 3.31. The molecule has 0 spiro atoms. The molecule has 0 saturated heterocycles. The Morgan fingerprint density at radius 3 is 2.78 bits per heavy atom. The van der Waals surface area contributed by atoms with Crippen LogP contribution in [0.1, 0.15) is 29.2 Å². The molecule has 0 fully saturated rings. The van der Waals surface area contributed by atoms with Gasteiger partial charge in [0.15, 0.2) is 5.78 Å². The first-order valence-electron chi connectivity index (χ1n) is 7.82. The quantitative estimate of drug-likeness (QED) is 0.851. The smallest absolute Gasteiger partial charge is 0.526 e. The summed E-state index contributed by atoms with van der Waals surface area (Å²) in [4.78, 5) is 12.4. The molecule has 0 amide bonds. The van der Waals surface area contributed by atoms with Crippen molar-refractivity contribution in [3.63, 3.8) is 0 Å². The van der Waals surface area contributed by atoms with Crippen molar-refractivity contribution >= 4 is 12.9 Å². The second-order valence-corrected chi connectivity index (χ2v) is 6.09. The molecule has 1 aliphatic heterocycles. The number of hydrogen-bond acceptors (Lipinski definition) is 4. The van der Waals surface area contributed by atoms with E-state index in [4.69, 9.17) is 10.4 Å². The monoisotopic (exact) mass is 309 g/mol. The lowest BCUT2D eigenvalue weighted by Gasteiger charge is -2.28. The lowest BCUT2D eigenvalue weighted by molar-refractivity contribution is -0.120. The van der Waals surface area contributed by atoms with Gasteiger partial charge in [-0.1, -0.05) is 48.5 Å². The zero-order chi connectivity index (χ0) is 16.4. The summed E-state index contributed by atoms with van der Waals surface area (Å²) in [6.07, 6.45) is 0.816. The van der Waals surface area contributed by atoms with Gasteiger partial charge in [0.05, 0.1) is 6.04 Å². The number of Topliss-reactive ketones (excluding diaryl/α,β-unsaturated/α-hetero) is 1. The van der Waals surface area contributed by atoms with Gasteiger partial charge in [0.25, 0.3) is 0 Å². The van der Waals surface area contributed by atoms with Crippen LogP contribution in [0.15, 0.2) is 48.5 Å². The fourth-order valence-corrected chi connectivity index (χ4v) is 3.05. The second kappa shape index (κ2) is 6.56. The van der Waals surface area contributed by atoms with E-state index in [9.17, 15) is 9.82 Å². The van der Waals surface area contributed by atoms with Crippen molar-refractivity contribution in [3.8, 4) is 5.75 Å². The Balaban J connectivity index is 1.72. The highest BCUT2D eigenvalue weighted by molar-refractivity contribution is 6.46. The molecular weight excluding hydrogens is 289 g/mol. The predicted octanol–water partition coefficient (Wildman–Crippen LogP) is 2.44. The highest BCUT2D eigenvalue weighted by atomic mass is 16.5. The van der Waals surface area contributed by atoms with Crippen LogP contribution in [0.25, 0.3) is 0 Å². The molecule has 2 aromatic carbocycles. The highest BCUT2D eigenvalue weighted by Gasteiger charge is 2.37. The maximum atomic E-state index is 12.4. The van der Waals surface area contributed by atoms with Crippen LogP contribution in [0.2, 0.25) is 5.82 Å². The maximum Gasteiger partial charge on any atom is 0.526 e. The van der Waals surface area contributed by atoms with E-state index < -0.39 is 13.2 Å². The van der Waals surface area contributed by atoms with Gasteiger partial charge in [-0.3, -0.25) is 4.79 Å². The number of carbonyl (C=O) groups is 1. The Bertz CT molecular complexity index is 705. The number of para-hydroxylation sites is 1. The molecule has 4 nitrogen and oxygen atoms in total. The van der Waals surface area contributed by atoms with Gasteiger partial charge in [0, 0.05) is 12.2 Å². The fourth-order valence-electron chi connectivity index (χ4n) is 3.05. The van der Waals surface area contributed by atoms with Crippen LogP contribution in [-0.4, -0.2) is 17.9 Å². The average molecular weight is 309 g/mol. The molecule has 5 heteroatoms. The summed E-state index contributed by atoms with van der Waals surface area (Å²) in [7, 11) is -0.976. The molecule has 118 valence electrons. The van der Waals surface area contributed by atoms with Gasteiger partial charge < -0.3 is 15.4 Å². The van der Waals surface area contributed by atoms with Gasteiger partial charge in [-0.15, -0.1) is 0 Å². The molecular formula is C18H20BNO3. The van der Waals surface area contributed by atoms with E-state index in [0.29, 0.717) is 6.42 Å². The third-order valence-electron chi connectivity index (χ3n) is 4.39. The summed E-state index contributed by atoms with van der Waals surface area (Å²) in [6, 6.07) is 14.5. The van der Waals surface area contributed by atoms with Crippen LogP contribution in [0.3, 0.4) is 0 Å². The van der Waals surface area contributed by atoms with Gasteiger partial charge in [0.1, 0.15) is 5.75 Å². The Kier molecular flexibility index (Phi) is 4.50. The molecule has 1 aliphatic rings. The van der Waals surface area contributed by atoms with Crippen LogP contribution >= 0.6 is 0 Å². The first kappa shape index (κ1) is 15.8. The number of hydrogen-bond donors (Lipinski definition) is 2. The Labute approximate surface area is 136 Å². The molecule has 3 N–H and O–H groups in total. The number of carbonyl (C=O) groups excluding carboxylic acids is 1. The summed E-state index contributed by atoms with van der Waals surface area (Å²) in [5.74, 6) is 0.377. The van der Waals surface area contributed by atoms with E-state index in [1.165, 1.54) is 0 Å². The Morgan fingerprint density at radius 1 is 1.30 bits per heavy atom. The van der Waals surface area contributed by atoms with Crippen molar-refractivity contribution < 1.29 is 14.5 Å². The molecule has 0 radical (unpaired) electrons. The summed E-state index contributed by atoms with van der Waals surface area (Å²) >= 11 is 0. The van der Waals surface area contributed by atoms with Gasteiger partial charge >= 0.3 is 7.12 Å². The molecule has 2 atom stereocenters. The van der Waals surface area contributed by atoms with E-state index >= 15 is 0 Å². The van der Waals surface area contributed by atoms with Gasteiger partial charge in [-0.2, -0.15) is 0 Å². The number of rotatable bonds is 4. The number of nitrogens with two attached hydrogens (primary N) is 1. The summed E-state index contributed by atoms with van der Waals surface area (Å²) in [5, 5.41) is 10.2. The third-order valence-corrected chi connectivity index (χ3v) is 4.39. The fraction of sp³-hybridized carbons (Fsp3) is 0.278. The zero-order valence-corrected chi connectivity index (χ0v) is 13.1. The summed E-state index contributed by atoms with van der Waals surface area (Å²) in [5.41, 5.74) is 8.86. The Hall–Kier alpha value is -2.11. The van der Waals surface area contributed by atoms with Crippen LogP contribution < -0.4 is 10.4 Å². The van der Waals surface area contributed by atoms with Gasteiger partial charge in [0.2, 0.25) is 0 Å². The standard InChI is InChI=1S/C18H20BNO3/c1-12-6-5-9-14-10-15(19(22)23-18(12)14)11-16(21)17(20)13-7-3-2-4-8-13/h2-9,15,17,22H,10-11,20H2,1H3/t15-,17-/m1/s1. The number of ketones is 1. The van der Waals surface area contributed by atoms with E-state index in [0.717, 1.165) is 22.4 Å². The van der Waals surface area contributed by atoms with E-state index in [1.54, 1.807) is 0 Å². The molecule has 0 aliphatic carbocycles. The molecule has 1 heterocycles. The normalized spacial score (nSPS) is 18.0. The maximum absolute atomic E-state index is 12.4. The highest BCUT2D eigenvalue weighted by Crippen LogP contribution is 2.36. The number of benzene rings is 2. The minimum absolute atomic E-state index is 0.0834. The first-order valence-corrected chi connectivity index (χ1v) is 7.82. The zero-order valence-electron chi connectivity index (χ0n) is 13.1. The topological polar surface area (TPSA) is 72.5 Å². The van der Waals surface area contributed by atoms with Gasteiger partial charge in [-0.25, -0.2) is 0 Å². The molecule has 2 aromatic rings. The van der Waals surface area contributed by atoms with Crippen molar-refractivity contribution in [2.45, 2.75) is 31.6 Å². The van der Waals surface area contributed by atoms with Crippen molar-refractivity contribution in [1.29, 1.82) is 0 Å². The average Bonchev–Trinajstić information content (AvgIpc) is 2.56. The summed E-state index contributed by atoms with van der Waals surface area (Å²) < 4.78 is 5.62. The summed E-state index contributed by atoms with van der Waals surface area (Å²) in [6.45, 7) is 1.95. The molecule has 0 saturated carbocycles. The van der Waals surface area contributed by atoms with Crippen LogP contribution in [0.4, 0.5) is 0 Å². The van der Waals surface area contributed by atoms with E-state index in [1.807, 2.05) is 55.5 Å². The van der Waals surface area contributed by atoms with Crippen molar-refractivity contribution in [2.75, 3.05) is 0 Å². The lowest BCUT2D eigenvalue weighted by Crippen LogP contribution is -2.36. The van der Waals surface area contributed by atoms with Gasteiger partial charge in [-0.05, 0) is 30.0 Å². The van der Waals surface area contributed by atoms with E-state index in [2.05, 4.69) is 0 Å². The second-order valence-electron chi connectivity index (χ2n) is 6.09. The predicted molar refractivity (Wildman–Crippen MR) is 90.2 cm³/mol.